The minimum absolute atomic E-state index is 0.305. The van der Waals surface area contributed by atoms with Crippen molar-refractivity contribution in [3.8, 4) is 11.3 Å². The van der Waals surface area contributed by atoms with Crippen LogP contribution in [0.2, 0.25) is 0 Å². The van der Waals surface area contributed by atoms with Crippen LogP contribution in [0, 0.1) is 0 Å². The standard InChI is InChI=1S/C18H24BrNO/c1-4-11-20-16(6-3)18-10-9-17(21-18)15-8-7-14(19)12-13(15)5-2/h7-10,12,16,20H,4-6,11H2,1-3H3. The van der Waals surface area contributed by atoms with Gasteiger partial charge in [0.2, 0.25) is 0 Å². The first-order valence-corrected chi connectivity index (χ1v) is 8.60. The topological polar surface area (TPSA) is 25.2 Å². The molecule has 0 radical (unpaired) electrons. The van der Waals surface area contributed by atoms with Crippen molar-refractivity contribution < 1.29 is 4.42 Å². The van der Waals surface area contributed by atoms with Crippen LogP contribution in [0.4, 0.5) is 0 Å². The normalized spacial score (nSPS) is 12.6. The lowest BCUT2D eigenvalue weighted by Gasteiger charge is -2.14. The summed E-state index contributed by atoms with van der Waals surface area (Å²) < 4.78 is 7.24. The third-order valence-electron chi connectivity index (χ3n) is 3.73. The molecule has 2 aromatic rings. The number of hydrogen-bond acceptors (Lipinski definition) is 2. The Morgan fingerprint density at radius 3 is 2.62 bits per heavy atom. The van der Waals surface area contributed by atoms with Crippen LogP contribution in [-0.4, -0.2) is 6.54 Å². The van der Waals surface area contributed by atoms with E-state index in [0.29, 0.717) is 6.04 Å². The molecule has 1 aromatic carbocycles. The first kappa shape index (κ1) is 16.3. The van der Waals surface area contributed by atoms with Crippen LogP contribution in [0.25, 0.3) is 11.3 Å². The van der Waals surface area contributed by atoms with Gasteiger partial charge < -0.3 is 9.73 Å². The molecule has 0 spiro atoms. The van der Waals surface area contributed by atoms with Crippen molar-refractivity contribution in [2.75, 3.05) is 6.54 Å². The van der Waals surface area contributed by atoms with Crippen LogP contribution < -0.4 is 5.32 Å². The molecule has 0 amide bonds. The molecule has 0 saturated carbocycles. The number of furan rings is 1. The van der Waals surface area contributed by atoms with Gasteiger partial charge in [0.25, 0.3) is 0 Å². The first-order valence-electron chi connectivity index (χ1n) is 7.81. The van der Waals surface area contributed by atoms with E-state index in [0.717, 1.165) is 41.8 Å². The van der Waals surface area contributed by atoms with Gasteiger partial charge in [-0.3, -0.25) is 0 Å². The van der Waals surface area contributed by atoms with Crippen LogP contribution in [0.3, 0.4) is 0 Å². The van der Waals surface area contributed by atoms with E-state index in [1.807, 2.05) is 0 Å². The van der Waals surface area contributed by atoms with Crippen LogP contribution in [0.15, 0.2) is 39.2 Å². The summed E-state index contributed by atoms with van der Waals surface area (Å²) in [4.78, 5) is 0. The Morgan fingerprint density at radius 2 is 1.95 bits per heavy atom. The molecule has 1 N–H and O–H groups in total. The monoisotopic (exact) mass is 349 g/mol. The summed E-state index contributed by atoms with van der Waals surface area (Å²) in [5.41, 5.74) is 2.50. The van der Waals surface area contributed by atoms with E-state index < -0.39 is 0 Å². The summed E-state index contributed by atoms with van der Waals surface area (Å²) in [6.45, 7) is 7.56. The van der Waals surface area contributed by atoms with Gasteiger partial charge in [-0.05, 0) is 61.7 Å². The summed E-state index contributed by atoms with van der Waals surface area (Å²) in [5, 5.41) is 3.54. The summed E-state index contributed by atoms with van der Waals surface area (Å²) >= 11 is 3.54. The molecule has 0 aliphatic heterocycles. The molecule has 0 aliphatic carbocycles. The van der Waals surface area contributed by atoms with Crippen molar-refractivity contribution in [1.82, 2.24) is 5.32 Å². The second-order valence-electron chi connectivity index (χ2n) is 5.27. The van der Waals surface area contributed by atoms with Crippen molar-refractivity contribution in [3.05, 3.63) is 46.1 Å². The van der Waals surface area contributed by atoms with E-state index in [-0.39, 0.29) is 0 Å². The van der Waals surface area contributed by atoms with Gasteiger partial charge >= 0.3 is 0 Å². The van der Waals surface area contributed by atoms with E-state index in [2.05, 4.69) is 72.3 Å². The third kappa shape index (κ3) is 3.98. The molecule has 3 heteroatoms. The lowest BCUT2D eigenvalue weighted by Crippen LogP contribution is -2.20. The van der Waals surface area contributed by atoms with Gasteiger partial charge in [0, 0.05) is 10.0 Å². The minimum Gasteiger partial charge on any atom is -0.459 e. The average Bonchev–Trinajstić information content (AvgIpc) is 2.97. The maximum absolute atomic E-state index is 6.12. The number of nitrogens with one attached hydrogen (secondary N) is 1. The highest BCUT2D eigenvalue weighted by Gasteiger charge is 2.15. The molecule has 1 aromatic heterocycles. The Labute approximate surface area is 136 Å². The predicted octanol–water partition coefficient (Wildman–Crippen LogP) is 5.72. The Morgan fingerprint density at radius 1 is 1.14 bits per heavy atom. The average molecular weight is 350 g/mol. The van der Waals surface area contributed by atoms with E-state index in [4.69, 9.17) is 4.42 Å². The van der Waals surface area contributed by atoms with Gasteiger partial charge in [-0.15, -0.1) is 0 Å². The summed E-state index contributed by atoms with van der Waals surface area (Å²) in [6, 6.07) is 10.9. The number of rotatable bonds is 7. The molecule has 2 rings (SSSR count). The van der Waals surface area contributed by atoms with Crippen molar-refractivity contribution in [2.24, 2.45) is 0 Å². The van der Waals surface area contributed by atoms with Crippen LogP contribution >= 0.6 is 15.9 Å². The molecule has 0 bridgehead atoms. The smallest absolute Gasteiger partial charge is 0.134 e. The highest BCUT2D eigenvalue weighted by atomic mass is 79.9. The molecule has 114 valence electrons. The maximum atomic E-state index is 6.12. The van der Waals surface area contributed by atoms with Crippen LogP contribution in [0.5, 0.6) is 0 Å². The maximum Gasteiger partial charge on any atom is 0.134 e. The zero-order chi connectivity index (χ0) is 15.2. The molecular weight excluding hydrogens is 326 g/mol. The summed E-state index contributed by atoms with van der Waals surface area (Å²) in [7, 11) is 0. The lowest BCUT2D eigenvalue weighted by atomic mass is 10.0. The van der Waals surface area contributed by atoms with Crippen molar-refractivity contribution in [2.45, 2.75) is 46.1 Å². The fraction of sp³-hybridized carbons (Fsp3) is 0.444. The Hall–Kier alpha value is -1.06. The summed E-state index contributed by atoms with van der Waals surface area (Å²) in [6.07, 6.45) is 3.17. The van der Waals surface area contributed by atoms with Gasteiger partial charge in [0.15, 0.2) is 0 Å². The Bertz CT molecular complexity index is 576. The summed E-state index contributed by atoms with van der Waals surface area (Å²) in [5.74, 6) is 2.00. The largest absolute Gasteiger partial charge is 0.459 e. The number of hydrogen-bond donors (Lipinski definition) is 1. The first-order chi connectivity index (χ1) is 10.2. The zero-order valence-corrected chi connectivity index (χ0v) is 14.7. The number of benzene rings is 1. The van der Waals surface area contributed by atoms with E-state index in [1.54, 1.807) is 0 Å². The molecule has 0 aliphatic rings. The van der Waals surface area contributed by atoms with E-state index in [1.165, 1.54) is 11.1 Å². The fourth-order valence-corrected chi connectivity index (χ4v) is 2.95. The van der Waals surface area contributed by atoms with Crippen molar-refractivity contribution in [1.29, 1.82) is 0 Å². The van der Waals surface area contributed by atoms with Crippen molar-refractivity contribution >= 4 is 15.9 Å². The SMILES string of the molecule is CCCNC(CC)c1ccc(-c2ccc(Br)cc2CC)o1. The lowest BCUT2D eigenvalue weighted by molar-refractivity contribution is 0.411. The molecule has 1 atom stereocenters. The van der Waals surface area contributed by atoms with Gasteiger partial charge in [-0.1, -0.05) is 36.7 Å². The van der Waals surface area contributed by atoms with Crippen LogP contribution in [-0.2, 0) is 6.42 Å². The Balaban J connectivity index is 2.27. The quantitative estimate of drug-likeness (QED) is 0.691. The highest BCUT2D eigenvalue weighted by molar-refractivity contribution is 9.10. The van der Waals surface area contributed by atoms with Gasteiger partial charge in [0.1, 0.15) is 11.5 Å². The molecular formula is C18H24BrNO. The molecule has 1 heterocycles. The molecule has 2 nitrogen and oxygen atoms in total. The van der Waals surface area contributed by atoms with Gasteiger partial charge in [0.05, 0.1) is 6.04 Å². The van der Waals surface area contributed by atoms with Gasteiger partial charge in [-0.2, -0.15) is 0 Å². The van der Waals surface area contributed by atoms with Gasteiger partial charge in [-0.25, -0.2) is 0 Å². The number of halogens is 1. The van der Waals surface area contributed by atoms with E-state index in [9.17, 15) is 0 Å². The highest BCUT2D eigenvalue weighted by Crippen LogP contribution is 2.31. The molecule has 0 fully saturated rings. The molecule has 0 saturated heterocycles. The fourth-order valence-electron chi connectivity index (χ4n) is 2.54. The minimum atomic E-state index is 0.305. The van der Waals surface area contributed by atoms with E-state index >= 15 is 0 Å². The number of aryl methyl sites for hydroxylation is 1. The zero-order valence-electron chi connectivity index (χ0n) is 13.1. The molecule has 21 heavy (non-hydrogen) atoms. The Kier molecular flexibility index (Phi) is 6.07. The molecule has 1 unspecified atom stereocenters. The predicted molar refractivity (Wildman–Crippen MR) is 92.5 cm³/mol. The third-order valence-corrected chi connectivity index (χ3v) is 4.23. The van der Waals surface area contributed by atoms with Crippen LogP contribution in [0.1, 0.15) is 51.0 Å². The second kappa shape index (κ2) is 7.81. The second-order valence-corrected chi connectivity index (χ2v) is 6.19. The van der Waals surface area contributed by atoms with Crippen molar-refractivity contribution in [3.63, 3.8) is 0 Å².